The monoisotopic (exact) mass is 376 g/mol. The molecule has 26 heavy (non-hydrogen) atoms. The predicted octanol–water partition coefficient (Wildman–Crippen LogP) is 1.90. The molecule has 1 atom stereocenters. The normalized spacial score (nSPS) is 17.9. The van der Waals surface area contributed by atoms with Gasteiger partial charge >= 0.3 is 0 Å². The van der Waals surface area contributed by atoms with Gasteiger partial charge in [0.05, 0.1) is 23.7 Å². The molecule has 0 saturated carbocycles. The van der Waals surface area contributed by atoms with Gasteiger partial charge in [0.1, 0.15) is 11.6 Å². The van der Waals surface area contributed by atoms with Crippen molar-refractivity contribution in [3.8, 4) is 0 Å². The van der Waals surface area contributed by atoms with Crippen molar-refractivity contribution < 1.29 is 4.79 Å². The topological polar surface area (TPSA) is 67.2 Å². The summed E-state index contributed by atoms with van der Waals surface area (Å²) >= 11 is 1.63. The molecular weight excluding hydrogens is 348 g/mol. The summed E-state index contributed by atoms with van der Waals surface area (Å²) in [5.74, 6) is 2.40. The van der Waals surface area contributed by atoms with Gasteiger partial charge in [-0.25, -0.2) is 4.98 Å². The van der Waals surface area contributed by atoms with Crippen LogP contribution in [0, 0.1) is 13.8 Å². The third-order valence-corrected chi connectivity index (χ3v) is 5.98. The quantitative estimate of drug-likeness (QED) is 0.797. The predicted molar refractivity (Wildman–Crippen MR) is 102 cm³/mol. The number of hydrogen-bond donors (Lipinski definition) is 0. The van der Waals surface area contributed by atoms with Gasteiger partial charge in [-0.2, -0.15) is 0 Å². The number of thiazole rings is 1. The Morgan fingerprint density at radius 3 is 2.73 bits per heavy atom. The molecule has 7 nitrogen and oxygen atoms in total. The van der Waals surface area contributed by atoms with E-state index in [1.807, 2.05) is 39.9 Å². The number of rotatable bonds is 5. The highest BCUT2D eigenvalue weighted by molar-refractivity contribution is 7.11. The smallest absolute Gasteiger partial charge is 0.227 e. The van der Waals surface area contributed by atoms with Crippen molar-refractivity contribution in [3.63, 3.8) is 0 Å². The molecule has 0 spiro atoms. The van der Waals surface area contributed by atoms with Crippen LogP contribution in [-0.2, 0) is 24.8 Å². The van der Waals surface area contributed by atoms with Gasteiger partial charge in [-0.1, -0.05) is 0 Å². The molecule has 3 rings (SSSR count). The maximum absolute atomic E-state index is 12.8. The summed E-state index contributed by atoms with van der Waals surface area (Å²) in [7, 11) is 6.08. The lowest BCUT2D eigenvalue weighted by atomic mass is 9.96. The lowest BCUT2D eigenvalue weighted by molar-refractivity contribution is -0.131. The van der Waals surface area contributed by atoms with Crippen molar-refractivity contribution in [2.45, 2.75) is 45.6 Å². The Morgan fingerprint density at radius 2 is 2.08 bits per heavy atom. The van der Waals surface area contributed by atoms with Gasteiger partial charge in [0, 0.05) is 30.9 Å². The van der Waals surface area contributed by atoms with Crippen molar-refractivity contribution in [1.82, 2.24) is 29.5 Å². The molecule has 1 aliphatic rings. The van der Waals surface area contributed by atoms with Gasteiger partial charge in [0.15, 0.2) is 0 Å². The van der Waals surface area contributed by atoms with Crippen LogP contribution in [0.15, 0.2) is 0 Å². The SMILES string of the molecule is Cc1nc(C)c(CC(=O)N2CCCC(c3nnc(CN(C)C)n3C)C2)s1. The van der Waals surface area contributed by atoms with Crippen molar-refractivity contribution in [3.05, 3.63) is 27.2 Å². The van der Waals surface area contributed by atoms with E-state index in [1.165, 1.54) is 0 Å². The van der Waals surface area contributed by atoms with E-state index in [0.29, 0.717) is 6.42 Å². The molecule has 8 heteroatoms. The summed E-state index contributed by atoms with van der Waals surface area (Å²) in [5.41, 5.74) is 0.982. The number of aryl methyl sites for hydroxylation is 2. The summed E-state index contributed by atoms with van der Waals surface area (Å²) in [4.78, 5) is 22.4. The van der Waals surface area contributed by atoms with Crippen LogP contribution in [0.2, 0.25) is 0 Å². The third kappa shape index (κ3) is 4.12. The molecule has 0 aromatic carbocycles. The van der Waals surface area contributed by atoms with E-state index in [4.69, 9.17) is 0 Å². The molecule has 0 N–H and O–H groups in total. The van der Waals surface area contributed by atoms with Crippen LogP contribution in [0.5, 0.6) is 0 Å². The number of carbonyl (C=O) groups is 1. The molecule has 1 saturated heterocycles. The van der Waals surface area contributed by atoms with E-state index in [9.17, 15) is 4.79 Å². The van der Waals surface area contributed by atoms with Crippen molar-refractivity contribution >= 4 is 17.2 Å². The minimum atomic E-state index is 0.192. The van der Waals surface area contributed by atoms with Gasteiger partial charge in [-0.3, -0.25) is 4.79 Å². The Labute approximate surface area is 159 Å². The third-order valence-electron chi connectivity index (χ3n) is 4.91. The first-order valence-corrected chi connectivity index (χ1v) is 9.90. The molecule has 142 valence electrons. The highest BCUT2D eigenvalue weighted by atomic mass is 32.1. The van der Waals surface area contributed by atoms with E-state index < -0.39 is 0 Å². The van der Waals surface area contributed by atoms with Crippen LogP contribution >= 0.6 is 11.3 Å². The van der Waals surface area contributed by atoms with Crippen molar-refractivity contribution in [2.24, 2.45) is 7.05 Å². The number of likely N-dealkylation sites (tertiary alicyclic amines) is 1. The zero-order chi connectivity index (χ0) is 18.8. The molecule has 2 aromatic rings. The lowest BCUT2D eigenvalue weighted by Crippen LogP contribution is -2.40. The summed E-state index contributed by atoms with van der Waals surface area (Å²) < 4.78 is 2.09. The van der Waals surface area contributed by atoms with Crippen LogP contribution < -0.4 is 0 Å². The van der Waals surface area contributed by atoms with Crippen LogP contribution in [0.25, 0.3) is 0 Å². The van der Waals surface area contributed by atoms with Gasteiger partial charge in [0.25, 0.3) is 0 Å². The molecule has 0 aliphatic carbocycles. The minimum absolute atomic E-state index is 0.192. The largest absolute Gasteiger partial charge is 0.342 e. The van der Waals surface area contributed by atoms with E-state index in [0.717, 1.165) is 59.7 Å². The highest BCUT2D eigenvalue weighted by Gasteiger charge is 2.28. The fourth-order valence-electron chi connectivity index (χ4n) is 3.55. The first kappa shape index (κ1) is 19.0. The molecule has 1 amide bonds. The average molecular weight is 377 g/mol. The molecule has 0 radical (unpaired) electrons. The molecule has 1 aliphatic heterocycles. The molecule has 2 aromatic heterocycles. The standard InChI is InChI=1S/C18H28N6OS/c1-12-15(26-13(2)19-12)9-17(25)24-8-6-7-14(10-24)18-21-20-16(23(18)5)11-22(3)4/h14H,6-11H2,1-5H3. The Morgan fingerprint density at radius 1 is 1.31 bits per heavy atom. The maximum atomic E-state index is 12.8. The molecule has 3 heterocycles. The fraction of sp³-hybridized carbons (Fsp3) is 0.667. The fourth-order valence-corrected chi connectivity index (χ4v) is 4.48. The maximum Gasteiger partial charge on any atom is 0.227 e. The van der Waals surface area contributed by atoms with Crippen molar-refractivity contribution in [1.29, 1.82) is 0 Å². The summed E-state index contributed by atoms with van der Waals surface area (Å²) in [6.45, 7) is 6.29. The molecular formula is C18H28N6OS. The number of nitrogens with zero attached hydrogens (tertiary/aromatic N) is 6. The number of hydrogen-bond acceptors (Lipinski definition) is 6. The molecule has 1 fully saturated rings. The highest BCUT2D eigenvalue weighted by Crippen LogP contribution is 2.27. The Balaban J connectivity index is 1.68. The number of aromatic nitrogens is 4. The first-order chi connectivity index (χ1) is 12.3. The number of piperidine rings is 1. The Bertz CT molecular complexity index is 781. The number of amides is 1. The number of carbonyl (C=O) groups excluding carboxylic acids is 1. The van der Waals surface area contributed by atoms with Gasteiger partial charge < -0.3 is 14.4 Å². The first-order valence-electron chi connectivity index (χ1n) is 9.08. The zero-order valence-electron chi connectivity index (χ0n) is 16.3. The van der Waals surface area contributed by atoms with E-state index in [1.54, 1.807) is 11.3 Å². The Kier molecular flexibility index (Phi) is 5.72. The summed E-state index contributed by atoms with van der Waals surface area (Å²) in [5, 5.41) is 9.79. The molecule has 1 unspecified atom stereocenters. The second kappa shape index (κ2) is 7.84. The molecule has 0 bridgehead atoms. The summed E-state index contributed by atoms with van der Waals surface area (Å²) in [6.07, 6.45) is 2.51. The van der Waals surface area contributed by atoms with Crippen molar-refractivity contribution in [2.75, 3.05) is 27.2 Å². The van der Waals surface area contributed by atoms with E-state index in [-0.39, 0.29) is 11.8 Å². The van der Waals surface area contributed by atoms with Gasteiger partial charge in [-0.15, -0.1) is 21.5 Å². The van der Waals surface area contributed by atoms with Gasteiger partial charge in [0.2, 0.25) is 5.91 Å². The van der Waals surface area contributed by atoms with E-state index >= 15 is 0 Å². The van der Waals surface area contributed by atoms with Crippen LogP contribution in [0.3, 0.4) is 0 Å². The minimum Gasteiger partial charge on any atom is -0.342 e. The van der Waals surface area contributed by atoms with E-state index in [2.05, 4.69) is 24.6 Å². The summed E-state index contributed by atoms with van der Waals surface area (Å²) in [6, 6.07) is 0. The average Bonchev–Trinajstić information content (AvgIpc) is 3.09. The Hall–Kier alpha value is -1.80. The van der Waals surface area contributed by atoms with Crippen LogP contribution in [-0.4, -0.2) is 62.6 Å². The lowest BCUT2D eigenvalue weighted by Gasteiger charge is -2.32. The van der Waals surface area contributed by atoms with Gasteiger partial charge in [-0.05, 0) is 40.8 Å². The zero-order valence-corrected chi connectivity index (χ0v) is 17.1. The van der Waals surface area contributed by atoms with Crippen LogP contribution in [0.4, 0.5) is 0 Å². The van der Waals surface area contributed by atoms with Crippen LogP contribution in [0.1, 0.15) is 46.0 Å². The second-order valence-electron chi connectivity index (χ2n) is 7.37. The second-order valence-corrected chi connectivity index (χ2v) is 8.66.